The number of aromatic amines is 1. The van der Waals surface area contributed by atoms with Crippen molar-refractivity contribution in [2.24, 2.45) is 0 Å². The summed E-state index contributed by atoms with van der Waals surface area (Å²) < 4.78 is 5.30. The molecule has 162 valence electrons. The molecule has 0 radical (unpaired) electrons. The van der Waals surface area contributed by atoms with E-state index >= 15 is 0 Å². The van der Waals surface area contributed by atoms with Crippen LogP contribution in [0.1, 0.15) is 51.0 Å². The lowest BCUT2D eigenvalue weighted by molar-refractivity contribution is 0.0791. The summed E-state index contributed by atoms with van der Waals surface area (Å²) in [6.45, 7) is 3.70. The Labute approximate surface area is 185 Å². The van der Waals surface area contributed by atoms with E-state index in [1.807, 2.05) is 17.9 Å². The number of amides is 2. The largest absolute Gasteiger partial charge is 0.382 e. The Balaban J connectivity index is 1.53. The van der Waals surface area contributed by atoms with Gasteiger partial charge in [0.2, 0.25) is 0 Å². The minimum Gasteiger partial charge on any atom is -0.382 e. The van der Waals surface area contributed by atoms with Gasteiger partial charge in [-0.1, -0.05) is 11.6 Å². The first-order chi connectivity index (χ1) is 15.0. The quantitative estimate of drug-likeness (QED) is 0.609. The number of rotatable bonds is 6. The molecule has 7 nitrogen and oxygen atoms in total. The summed E-state index contributed by atoms with van der Waals surface area (Å²) in [4.78, 5) is 35.3. The number of nitrogens with one attached hydrogen (secondary N) is 2. The topological polar surface area (TPSA) is 87.3 Å². The third kappa shape index (κ3) is 4.57. The minimum absolute atomic E-state index is 0.0279. The summed E-state index contributed by atoms with van der Waals surface area (Å²) in [7, 11) is 1.57. The standard InChI is InChI=1S/C23H25ClN4O3/c1-14-11-15(5-7-17(14)23(30)28-9-3-4-10-28)22(29)27-20(13-31-2)21-25-18-8-6-16(24)12-19(18)26-21/h5-8,11-12,20H,3-4,9-10,13H2,1-2H3,(H,25,26)(H,27,29)/t20-/m0/s1. The highest BCUT2D eigenvalue weighted by molar-refractivity contribution is 6.31. The van der Waals surface area contributed by atoms with E-state index in [1.165, 1.54) is 0 Å². The van der Waals surface area contributed by atoms with Crippen LogP contribution in [0.5, 0.6) is 0 Å². The van der Waals surface area contributed by atoms with Gasteiger partial charge in [-0.15, -0.1) is 0 Å². The molecular weight excluding hydrogens is 416 g/mol. The molecule has 1 aliphatic rings. The maximum Gasteiger partial charge on any atom is 0.254 e. The molecule has 0 bridgehead atoms. The van der Waals surface area contributed by atoms with Crippen molar-refractivity contribution in [2.75, 3.05) is 26.8 Å². The normalized spacial score (nSPS) is 14.7. The second-order valence-electron chi connectivity index (χ2n) is 7.79. The molecule has 1 fully saturated rings. The van der Waals surface area contributed by atoms with E-state index in [1.54, 1.807) is 37.4 Å². The lowest BCUT2D eigenvalue weighted by Crippen LogP contribution is -2.32. The van der Waals surface area contributed by atoms with Crippen molar-refractivity contribution in [3.63, 3.8) is 0 Å². The maximum atomic E-state index is 12.9. The zero-order valence-electron chi connectivity index (χ0n) is 17.6. The summed E-state index contributed by atoms with van der Waals surface area (Å²) in [5, 5.41) is 3.57. The van der Waals surface area contributed by atoms with Gasteiger partial charge in [0.25, 0.3) is 11.8 Å². The fourth-order valence-corrected chi connectivity index (χ4v) is 4.06. The van der Waals surface area contributed by atoms with Crippen molar-refractivity contribution in [2.45, 2.75) is 25.8 Å². The molecule has 0 unspecified atom stereocenters. The summed E-state index contributed by atoms with van der Waals surface area (Å²) in [5.41, 5.74) is 3.46. The number of hydrogen-bond donors (Lipinski definition) is 2. The molecule has 1 atom stereocenters. The number of likely N-dealkylation sites (tertiary alicyclic amines) is 1. The van der Waals surface area contributed by atoms with Gasteiger partial charge in [0, 0.05) is 36.3 Å². The number of hydrogen-bond acceptors (Lipinski definition) is 4. The van der Waals surface area contributed by atoms with Crippen molar-refractivity contribution in [3.8, 4) is 0 Å². The van der Waals surface area contributed by atoms with Crippen LogP contribution in [0.2, 0.25) is 5.02 Å². The van der Waals surface area contributed by atoms with Gasteiger partial charge < -0.3 is 19.9 Å². The highest BCUT2D eigenvalue weighted by Gasteiger charge is 2.23. The highest BCUT2D eigenvalue weighted by atomic mass is 35.5. The molecule has 4 rings (SSSR count). The van der Waals surface area contributed by atoms with Gasteiger partial charge in [-0.3, -0.25) is 9.59 Å². The molecule has 0 spiro atoms. The van der Waals surface area contributed by atoms with E-state index in [4.69, 9.17) is 16.3 Å². The number of ether oxygens (including phenoxy) is 1. The molecule has 0 saturated carbocycles. The van der Waals surface area contributed by atoms with Gasteiger partial charge in [0.1, 0.15) is 11.9 Å². The van der Waals surface area contributed by atoms with Crippen molar-refractivity contribution >= 4 is 34.4 Å². The number of H-pyrrole nitrogens is 1. The molecule has 1 aromatic heterocycles. The number of fused-ring (bicyclic) bond motifs is 1. The third-order valence-electron chi connectivity index (χ3n) is 5.54. The Hall–Kier alpha value is -2.90. The molecule has 2 N–H and O–H groups in total. The van der Waals surface area contributed by atoms with Gasteiger partial charge in [0.05, 0.1) is 17.6 Å². The van der Waals surface area contributed by atoms with Crippen molar-refractivity contribution in [3.05, 3.63) is 63.9 Å². The van der Waals surface area contributed by atoms with Crippen LogP contribution >= 0.6 is 11.6 Å². The molecule has 2 heterocycles. The smallest absolute Gasteiger partial charge is 0.254 e. The molecule has 1 aliphatic heterocycles. The summed E-state index contributed by atoms with van der Waals surface area (Å²) in [6.07, 6.45) is 2.08. The lowest BCUT2D eigenvalue weighted by atomic mass is 10.0. The number of aryl methyl sites for hydroxylation is 1. The van der Waals surface area contributed by atoms with Crippen LogP contribution in [-0.2, 0) is 4.74 Å². The average Bonchev–Trinajstić information content (AvgIpc) is 3.42. The van der Waals surface area contributed by atoms with Crippen LogP contribution in [0.4, 0.5) is 0 Å². The van der Waals surface area contributed by atoms with Gasteiger partial charge in [0.15, 0.2) is 0 Å². The number of methoxy groups -OCH3 is 1. The maximum absolute atomic E-state index is 12.9. The van der Waals surface area contributed by atoms with Gasteiger partial charge in [-0.25, -0.2) is 4.98 Å². The summed E-state index contributed by atoms with van der Waals surface area (Å²) in [5.74, 6) is 0.356. The van der Waals surface area contributed by atoms with Crippen molar-refractivity contribution < 1.29 is 14.3 Å². The summed E-state index contributed by atoms with van der Waals surface area (Å²) in [6, 6.07) is 10.1. The Morgan fingerprint density at radius 2 is 2.00 bits per heavy atom. The molecule has 2 amide bonds. The zero-order chi connectivity index (χ0) is 22.0. The van der Waals surface area contributed by atoms with Crippen molar-refractivity contribution in [1.29, 1.82) is 0 Å². The third-order valence-corrected chi connectivity index (χ3v) is 5.78. The van der Waals surface area contributed by atoms with Gasteiger partial charge in [-0.2, -0.15) is 0 Å². The van der Waals surface area contributed by atoms with E-state index in [2.05, 4.69) is 15.3 Å². The molecule has 31 heavy (non-hydrogen) atoms. The number of imidazole rings is 1. The van der Waals surface area contributed by atoms with Crippen LogP contribution in [0, 0.1) is 6.92 Å². The van der Waals surface area contributed by atoms with Crippen LogP contribution < -0.4 is 5.32 Å². The molecule has 2 aromatic carbocycles. The monoisotopic (exact) mass is 440 g/mol. The Kier molecular flexibility index (Phi) is 6.25. The minimum atomic E-state index is -0.463. The number of nitrogens with zero attached hydrogens (tertiary/aromatic N) is 2. The van der Waals surface area contributed by atoms with E-state index < -0.39 is 6.04 Å². The van der Waals surface area contributed by atoms with Crippen LogP contribution in [0.25, 0.3) is 11.0 Å². The van der Waals surface area contributed by atoms with Gasteiger partial charge in [-0.05, 0) is 61.7 Å². The number of benzene rings is 2. The highest BCUT2D eigenvalue weighted by Crippen LogP contribution is 2.21. The second-order valence-corrected chi connectivity index (χ2v) is 8.23. The Bertz CT molecular complexity index is 1120. The molecule has 0 aliphatic carbocycles. The van der Waals surface area contributed by atoms with Gasteiger partial charge >= 0.3 is 0 Å². The van der Waals surface area contributed by atoms with E-state index in [9.17, 15) is 9.59 Å². The SMILES string of the molecule is COC[C@H](NC(=O)c1ccc(C(=O)N2CCCC2)c(C)c1)c1nc2cc(Cl)ccc2[nH]1. The predicted molar refractivity (Wildman–Crippen MR) is 120 cm³/mol. The first-order valence-electron chi connectivity index (χ1n) is 10.3. The van der Waals surface area contributed by atoms with E-state index in [0.29, 0.717) is 22.0 Å². The number of carbonyl (C=O) groups excluding carboxylic acids is 2. The zero-order valence-corrected chi connectivity index (χ0v) is 18.3. The number of aromatic nitrogens is 2. The van der Waals surface area contributed by atoms with Crippen LogP contribution in [-0.4, -0.2) is 53.5 Å². The summed E-state index contributed by atoms with van der Waals surface area (Å²) >= 11 is 6.05. The number of carbonyl (C=O) groups is 2. The van der Waals surface area contributed by atoms with E-state index in [-0.39, 0.29) is 18.4 Å². The molecule has 1 saturated heterocycles. The fraction of sp³-hybridized carbons (Fsp3) is 0.348. The first-order valence-corrected chi connectivity index (χ1v) is 10.7. The average molecular weight is 441 g/mol. The first kappa shape index (κ1) is 21.3. The van der Waals surface area contributed by atoms with E-state index in [0.717, 1.165) is 42.5 Å². The molecule has 8 heteroatoms. The Morgan fingerprint density at radius 3 is 2.71 bits per heavy atom. The Morgan fingerprint density at radius 1 is 1.23 bits per heavy atom. The molecule has 3 aromatic rings. The molecular formula is C23H25ClN4O3. The lowest BCUT2D eigenvalue weighted by Gasteiger charge is -2.18. The van der Waals surface area contributed by atoms with Crippen LogP contribution in [0.15, 0.2) is 36.4 Å². The van der Waals surface area contributed by atoms with Crippen molar-refractivity contribution in [1.82, 2.24) is 20.2 Å². The van der Waals surface area contributed by atoms with Crippen LogP contribution in [0.3, 0.4) is 0 Å². The fourth-order valence-electron chi connectivity index (χ4n) is 3.90. The predicted octanol–water partition coefficient (Wildman–Crippen LogP) is 3.88. The second kappa shape index (κ2) is 9.08. The number of halogens is 1.